The summed E-state index contributed by atoms with van der Waals surface area (Å²) in [5.41, 5.74) is 0. The highest BCUT2D eigenvalue weighted by Gasteiger charge is 2.26. The number of rotatable bonds is 9. The van der Waals surface area contributed by atoms with Crippen molar-refractivity contribution in [2.45, 2.75) is 57.3 Å². The fraction of sp³-hybridized carbons (Fsp3) is 0.375. The standard InChI is InChI=1S/C18H23OS.C14H16O/c1-2-3-10-19-17-8-6-16-14-18(9-7-15(16)13-17)20-11-4-5-12-20;1-2-3-11-15-14-10-6-8-12-7-4-5-9-13(12)14/h6-9,13-14H,2-5,10-12H2,1H3;4-10H,2-3,11H2,1H3/q+1;. The molecular formula is C32H39O2S+. The Kier molecular flexibility index (Phi) is 9.77. The van der Waals surface area contributed by atoms with Gasteiger partial charge in [-0.05, 0) is 72.2 Å². The maximum Gasteiger partial charge on any atom is 0.155 e. The SMILES string of the molecule is CCCCOc1ccc2cc([S+]3CCCC3)ccc2c1.CCCCOc1cccc2ccccc12. The number of unbranched alkanes of at least 4 members (excludes halogenated alkanes) is 2. The van der Waals surface area contributed by atoms with Crippen molar-refractivity contribution in [2.75, 3.05) is 24.7 Å². The summed E-state index contributed by atoms with van der Waals surface area (Å²) in [5.74, 6) is 4.79. The molecule has 4 aromatic carbocycles. The molecule has 0 aliphatic carbocycles. The van der Waals surface area contributed by atoms with Crippen LogP contribution in [0.2, 0.25) is 0 Å². The van der Waals surface area contributed by atoms with Gasteiger partial charge in [-0.1, -0.05) is 69.2 Å². The average Bonchev–Trinajstić information content (AvgIpc) is 3.44. The molecule has 0 N–H and O–H groups in total. The second-order valence-corrected chi connectivity index (χ2v) is 11.4. The Labute approximate surface area is 214 Å². The lowest BCUT2D eigenvalue weighted by molar-refractivity contribution is 0.310. The van der Waals surface area contributed by atoms with Gasteiger partial charge in [-0.2, -0.15) is 0 Å². The van der Waals surface area contributed by atoms with Gasteiger partial charge in [-0.15, -0.1) is 0 Å². The predicted molar refractivity (Wildman–Crippen MR) is 153 cm³/mol. The van der Waals surface area contributed by atoms with Crippen molar-refractivity contribution in [1.29, 1.82) is 0 Å². The molecule has 1 heterocycles. The smallest absolute Gasteiger partial charge is 0.155 e. The first kappa shape index (κ1) is 25.4. The highest BCUT2D eigenvalue weighted by Crippen LogP contribution is 2.28. The topological polar surface area (TPSA) is 18.5 Å². The number of benzene rings is 4. The molecular weight excluding hydrogens is 448 g/mol. The molecule has 35 heavy (non-hydrogen) atoms. The minimum atomic E-state index is 0.511. The molecule has 1 saturated heterocycles. The Morgan fingerprint density at radius 1 is 0.657 bits per heavy atom. The molecule has 1 aliphatic rings. The molecule has 0 saturated carbocycles. The zero-order chi connectivity index (χ0) is 24.3. The Morgan fingerprint density at radius 2 is 1.34 bits per heavy atom. The van der Waals surface area contributed by atoms with Crippen LogP contribution in [0.25, 0.3) is 21.5 Å². The van der Waals surface area contributed by atoms with Crippen molar-refractivity contribution in [3.8, 4) is 11.5 Å². The summed E-state index contributed by atoms with van der Waals surface area (Å²) in [6.07, 6.45) is 7.41. The quantitative estimate of drug-likeness (QED) is 0.173. The first-order valence-electron chi connectivity index (χ1n) is 13.2. The highest BCUT2D eigenvalue weighted by atomic mass is 32.2. The minimum Gasteiger partial charge on any atom is -0.494 e. The second kappa shape index (κ2) is 13.4. The number of hydrogen-bond donors (Lipinski definition) is 0. The lowest BCUT2D eigenvalue weighted by atomic mass is 10.1. The van der Waals surface area contributed by atoms with Crippen LogP contribution < -0.4 is 9.47 Å². The van der Waals surface area contributed by atoms with Crippen molar-refractivity contribution in [3.63, 3.8) is 0 Å². The Bertz CT molecular complexity index is 1190. The zero-order valence-corrected chi connectivity index (χ0v) is 22.1. The van der Waals surface area contributed by atoms with Crippen molar-refractivity contribution in [2.24, 2.45) is 0 Å². The van der Waals surface area contributed by atoms with Gasteiger partial charge in [0.1, 0.15) is 23.0 Å². The van der Waals surface area contributed by atoms with Crippen molar-refractivity contribution in [3.05, 3.63) is 78.9 Å². The fourth-order valence-corrected chi connectivity index (χ4v) is 6.68. The number of fused-ring (bicyclic) bond motifs is 2. The van der Waals surface area contributed by atoms with E-state index in [9.17, 15) is 0 Å². The Hall–Kier alpha value is -2.65. The van der Waals surface area contributed by atoms with Crippen LogP contribution in [0.15, 0.2) is 83.8 Å². The molecule has 4 aromatic rings. The summed E-state index contributed by atoms with van der Waals surface area (Å²) in [7, 11) is 0.511. The van der Waals surface area contributed by atoms with E-state index in [-0.39, 0.29) is 0 Å². The van der Waals surface area contributed by atoms with Gasteiger partial charge in [0.2, 0.25) is 0 Å². The van der Waals surface area contributed by atoms with E-state index in [0.29, 0.717) is 10.9 Å². The Morgan fingerprint density at radius 3 is 2.14 bits per heavy atom. The van der Waals surface area contributed by atoms with Crippen molar-refractivity contribution in [1.82, 2.24) is 0 Å². The van der Waals surface area contributed by atoms with Gasteiger partial charge in [-0.3, -0.25) is 0 Å². The first-order valence-corrected chi connectivity index (χ1v) is 14.8. The summed E-state index contributed by atoms with van der Waals surface area (Å²) in [6, 6.07) is 28.0. The predicted octanol–water partition coefficient (Wildman–Crippen LogP) is 8.81. The van der Waals surface area contributed by atoms with E-state index in [0.717, 1.165) is 37.6 Å². The summed E-state index contributed by atoms with van der Waals surface area (Å²) in [6.45, 7) is 6.00. The van der Waals surface area contributed by atoms with Crippen LogP contribution in [0.1, 0.15) is 52.4 Å². The molecule has 0 unspecified atom stereocenters. The van der Waals surface area contributed by atoms with Gasteiger partial charge in [-0.25, -0.2) is 0 Å². The third-order valence-electron chi connectivity index (χ3n) is 6.42. The van der Waals surface area contributed by atoms with Crippen LogP contribution in [-0.2, 0) is 10.9 Å². The molecule has 0 bridgehead atoms. The normalized spacial score (nSPS) is 13.5. The summed E-state index contributed by atoms with van der Waals surface area (Å²) in [4.78, 5) is 1.55. The summed E-state index contributed by atoms with van der Waals surface area (Å²) >= 11 is 0. The van der Waals surface area contributed by atoms with Gasteiger partial charge in [0, 0.05) is 22.3 Å². The zero-order valence-electron chi connectivity index (χ0n) is 21.3. The lowest BCUT2D eigenvalue weighted by Gasteiger charge is -2.08. The largest absolute Gasteiger partial charge is 0.494 e. The molecule has 3 heteroatoms. The summed E-state index contributed by atoms with van der Waals surface area (Å²) in [5, 5.41) is 5.10. The molecule has 0 radical (unpaired) electrons. The third kappa shape index (κ3) is 7.18. The highest BCUT2D eigenvalue weighted by molar-refractivity contribution is 7.97. The van der Waals surface area contributed by atoms with E-state index in [4.69, 9.17) is 9.47 Å². The van der Waals surface area contributed by atoms with Gasteiger partial charge in [0.25, 0.3) is 0 Å². The maximum atomic E-state index is 5.79. The van der Waals surface area contributed by atoms with Crippen LogP contribution in [0.4, 0.5) is 0 Å². The van der Waals surface area contributed by atoms with Crippen LogP contribution in [0.3, 0.4) is 0 Å². The van der Waals surface area contributed by atoms with Gasteiger partial charge >= 0.3 is 0 Å². The van der Waals surface area contributed by atoms with E-state index in [1.165, 1.54) is 58.7 Å². The molecule has 0 spiro atoms. The van der Waals surface area contributed by atoms with Crippen molar-refractivity contribution >= 4 is 32.4 Å². The molecule has 2 nitrogen and oxygen atoms in total. The van der Waals surface area contributed by atoms with Crippen LogP contribution in [0.5, 0.6) is 11.5 Å². The van der Waals surface area contributed by atoms with E-state index in [2.05, 4.69) is 80.6 Å². The number of hydrogen-bond acceptors (Lipinski definition) is 2. The average molecular weight is 488 g/mol. The van der Waals surface area contributed by atoms with Crippen LogP contribution in [0, 0.1) is 0 Å². The lowest BCUT2D eigenvalue weighted by Crippen LogP contribution is -2.03. The molecule has 1 fully saturated rings. The van der Waals surface area contributed by atoms with Gasteiger partial charge < -0.3 is 9.47 Å². The molecule has 1 aliphatic heterocycles. The molecule has 5 rings (SSSR count). The second-order valence-electron chi connectivity index (χ2n) is 9.16. The first-order chi connectivity index (χ1) is 17.3. The van der Waals surface area contributed by atoms with E-state index >= 15 is 0 Å². The third-order valence-corrected chi connectivity index (χ3v) is 8.90. The molecule has 0 aromatic heterocycles. The van der Waals surface area contributed by atoms with E-state index < -0.39 is 0 Å². The summed E-state index contributed by atoms with van der Waals surface area (Å²) < 4.78 is 11.5. The van der Waals surface area contributed by atoms with Gasteiger partial charge in [0.15, 0.2) is 4.90 Å². The van der Waals surface area contributed by atoms with Crippen molar-refractivity contribution < 1.29 is 9.47 Å². The molecule has 184 valence electrons. The van der Waals surface area contributed by atoms with E-state index in [1.807, 2.05) is 12.1 Å². The molecule has 0 atom stereocenters. The van der Waals surface area contributed by atoms with Crippen LogP contribution in [-0.4, -0.2) is 24.7 Å². The minimum absolute atomic E-state index is 0.511. The van der Waals surface area contributed by atoms with Crippen LogP contribution >= 0.6 is 0 Å². The number of ether oxygens (including phenoxy) is 2. The Balaban J connectivity index is 0.000000172. The van der Waals surface area contributed by atoms with Gasteiger partial charge in [0.05, 0.1) is 13.2 Å². The molecule has 0 amide bonds. The van der Waals surface area contributed by atoms with E-state index in [1.54, 1.807) is 4.90 Å². The fourth-order valence-electron chi connectivity index (χ4n) is 4.34. The monoisotopic (exact) mass is 487 g/mol. The maximum absolute atomic E-state index is 5.79.